The molecule has 2 nitrogen and oxygen atoms in total. The number of benzene rings is 2. The van der Waals surface area contributed by atoms with E-state index >= 15 is 0 Å². The van der Waals surface area contributed by atoms with Crippen molar-refractivity contribution in [3.63, 3.8) is 0 Å². The van der Waals surface area contributed by atoms with Crippen LogP contribution < -0.4 is 0 Å². The molecular weight excluding hydrogens is 244 g/mol. The minimum Gasteiger partial charge on any atom is -0.282 e. The zero-order valence-corrected chi connectivity index (χ0v) is 11.0. The Hall–Kier alpha value is -2.48. The molecule has 2 aliphatic rings. The highest BCUT2D eigenvalue weighted by atomic mass is 15.6. The Balaban J connectivity index is 1.60. The van der Waals surface area contributed by atoms with Crippen LogP contribution in [0.3, 0.4) is 0 Å². The van der Waals surface area contributed by atoms with Crippen molar-refractivity contribution < 1.29 is 0 Å². The third-order valence-electron chi connectivity index (χ3n) is 3.62. The number of hydrogen-bond donors (Lipinski definition) is 0. The Morgan fingerprint density at radius 2 is 0.900 bits per heavy atom. The lowest BCUT2D eigenvalue weighted by Gasteiger charge is -2.36. The predicted octanol–water partition coefficient (Wildman–Crippen LogP) is 3.89. The molecule has 4 rings (SSSR count). The maximum atomic E-state index is 2.14. The summed E-state index contributed by atoms with van der Waals surface area (Å²) in [6.45, 7) is 4.29. The summed E-state index contributed by atoms with van der Waals surface area (Å²) in [6, 6.07) is 16.8. The van der Waals surface area contributed by atoms with E-state index in [1.54, 1.807) is 0 Å². The van der Waals surface area contributed by atoms with E-state index in [0.29, 0.717) is 0 Å². The molecule has 0 atom stereocenters. The summed E-state index contributed by atoms with van der Waals surface area (Å²) in [4.78, 5) is 0. The van der Waals surface area contributed by atoms with Crippen molar-refractivity contribution in [2.24, 2.45) is 0 Å². The van der Waals surface area contributed by atoms with Gasteiger partial charge < -0.3 is 0 Å². The van der Waals surface area contributed by atoms with Crippen LogP contribution in [0.2, 0.25) is 0 Å². The lowest BCUT2D eigenvalue weighted by molar-refractivity contribution is 0.161. The normalized spacial score (nSPS) is 16.0. The highest BCUT2D eigenvalue weighted by molar-refractivity contribution is 5.60. The van der Waals surface area contributed by atoms with Crippen LogP contribution in [0.1, 0.15) is 22.3 Å². The molecule has 2 aliphatic heterocycles. The van der Waals surface area contributed by atoms with Gasteiger partial charge in [0.2, 0.25) is 0 Å². The first-order valence-electron chi connectivity index (χ1n) is 6.71. The molecule has 0 bridgehead atoms. The summed E-state index contributed by atoms with van der Waals surface area (Å²) >= 11 is 0. The molecule has 2 radical (unpaired) electrons. The van der Waals surface area contributed by atoms with Crippen LogP contribution in [-0.2, 0) is 0 Å². The largest absolute Gasteiger partial charge is 0.282 e. The van der Waals surface area contributed by atoms with Gasteiger partial charge in [-0.2, -0.15) is 0 Å². The van der Waals surface area contributed by atoms with Crippen LogP contribution >= 0.6 is 0 Å². The van der Waals surface area contributed by atoms with Gasteiger partial charge in [0.1, 0.15) is 13.1 Å². The van der Waals surface area contributed by atoms with Crippen molar-refractivity contribution in [2.75, 3.05) is 0 Å². The molecule has 0 spiro atoms. The molecule has 2 heterocycles. The molecular formula is C18H14N2. The molecule has 0 amide bonds. The van der Waals surface area contributed by atoms with Gasteiger partial charge in [-0.15, -0.1) is 0 Å². The van der Waals surface area contributed by atoms with Gasteiger partial charge in [-0.1, -0.05) is 48.5 Å². The molecule has 2 aromatic carbocycles. The van der Waals surface area contributed by atoms with Gasteiger partial charge in [-0.05, 0) is 34.4 Å². The third kappa shape index (κ3) is 1.90. The SMILES string of the molecule is [CH]1c2ccccc2C=CN1N1[CH]c2ccccc2C=C1. The Morgan fingerprint density at radius 3 is 1.35 bits per heavy atom. The molecule has 96 valence electrons. The predicted molar refractivity (Wildman–Crippen MR) is 81.4 cm³/mol. The quantitative estimate of drug-likeness (QED) is 0.765. The fourth-order valence-corrected chi connectivity index (χ4v) is 2.53. The second kappa shape index (κ2) is 4.57. The summed E-state index contributed by atoms with van der Waals surface area (Å²) in [5.41, 5.74) is 4.97. The lowest BCUT2D eigenvalue weighted by atomic mass is 10.0. The number of hydrazine groups is 1. The average molecular weight is 258 g/mol. The van der Waals surface area contributed by atoms with Crippen molar-refractivity contribution in [3.8, 4) is 0 Å². The molecule has 0 unspecified atom stereocenters. The third-order valence-corrected chi connectivity index (χ3v) is 3.62. The van der Waals surface area contributed by atoms with Crippen molar-refractivity contribution in [2.45, 2.75) is 0 Å². The number of fused-ring (bicyclic) bond motifs is 2. The molecule has 0 fully saturated rings. The number of rotatable bonds is 1. The van der Waals surface area contributed by atoms with E-state index < -0.39 is 0 Å². The Labute approximate surface area is 119 Å². The molecule has 0 aliphatic carbocycles. The van der Waals surface area contributed by atoms with Crippen LogP contribution in [0, 0.1) is 13.1 Å². The topological polar surface area (TPSA) is 6.48 Å². The lowest BCUT2D eigenvalue weighted by Crippen LogP contribution is -2.34. The molecule has 20 heavy (non-hydrogen) atoms. The Bertz CT molecular complexity index is 639. The van der Waals surface area contributed by atoms with E-state index in [9.17, 15) is 0 Å². The Kier molecular flexibility index (Phi) is 2.59. The van der Waals surface area contributed by atoms with E-state index in [2.05, 4.69) is 96.2 Å². The van der Waals surface area contributed by atoms with Gasteiger partial charge >= 0.3 is 0 Å². The van der Waals surface area contributed by atoms with Crippen LogP contribution in [-0.4, -0.2) is 10.0 Å². The van der Waals surface area contributed by atoms with Crippen LogP contribution in [0.5, 0.6) is 0 Å². The van der Waals surface area contributed by atoms with Crippen LogP contribution in [0.15, 0.2) is 60.9 Å². The molecule has 2 aromatic rings. The smallest absolute Gasteiger partial charge is 0.102 e. The fraction of sp³-hybridized carbons (Fsp3) is 0. The van der Waals surface area contributed by atoms with Gasteiger partial charge in [-0.3, -0.25) is 10.0 Å². The number of hydrogen-bond acceptors (Lipinski definition) is 2. The highest BCUT2D eigenvalue weighted by Crippen LogP contribution is 2.27. The summed E-state index contributed by atoms with van der Waals surface area (Å²) in [5.74, 6) is 0. The van der Waals surface area contributed by atoms with Gasteiger partial charge in [0.05, 0.1) is 0 Å². The second-order valence-electron chi connectivity index (χ2n) is 4.91. The van der Waals surface area contributed by atoms with Crippen LogP contribution in [0.4, 0.5) is 0 Å². The Morgan fingerprint density at radius 1 is 0.500 bits per heavy atom. The zero-order valence-electron chi connectivity index (χ0n) is 11.0. The summed E-state index contributed by atoms with van der Waals surface area (Å²) in [6.07, 6.45) is 8.43. The molecule has 0 saturated heterocycles. The summed E-state index contributed by atoms with van der Waals surface area (Å²) in [5, 5.41) is 4.18. The summed E-state index contributed by atoms with van der Waals surface area (Å²) in [7, 11) is 0. The van der Waals surface area contributed by atoms with Gasteiger partial charge in [0.15, 0.2) is 0 Å². The first kappa shape index (κ1) is 11.4. The monoisotopic (exact) mass is 258 g/mol. The second-order valence-corrected chi connectivity index (χ2v) is 4.91. The van der Waals surface area contributed by atoms with E-state index in [4.69, 9.17) is 0 Å². The first-order valence-corrected chi connectivity index (χ1v) is 6.71. The van der Waals surface area contributed by atoms with Crippen molar-refractivity contribution in [1.82, 2.24) is 10.0 Å². The summed E-state index contributed by atoms with van der Waals surface area (Å²) < 4.78 is 0. The van der Waals surface area contributed by atoms with Crippen molar-refractivity contribution >= 4 is 12.2 Å². The molecule has 0 N–H and O–H groups in total. The van der Waals surface area contributed by atoms with Crippen molar-refractivity contribution in [1.29, 1.82) is 0 Å². The van der Waals surface area contributed by atoms with E-state index in [1.165, 1.54) is 22.3 Å². The minimum absolute atomic E-state index is 1.23. The van der Waals surface area contributed by atoms with Gasteiger partial charge in [-0.25, -0.2) is 0 Å². The fourth-order valence-electron chi connectivity index (χ4n) is 2.53. The van der Waals surface area contributed by atoms with Gasteiger partial charge in [0.25, 0.3) is 0 Å². The van der Waals surface area contributed by atoms with Gasteiger partial charge in [0, 0.05) is 12.4 Å². The highest BCUT2D eigenvalue weighted by Gasteiger charge is 2.18. The first-order chi connectivity index (χ1) is 9.90. The molecule has 0 saturated carbocycles. The maximum Gasteiger partial charge on any atom is 0.102 e. The van der Waals surface area contributed by atoms with Crippen molar-refractivity contribution in [3.05, 3.63) is 96.3 Å². The van der Waals surface area contributed by atoms with Crippen LogP contribution in [0.25, 0.3) is 12.2 Å². The average Bonchev–Trinajstić information content (AvgIpc) is 2.54. The van der Waals surface area contributed by atoms with E-state index in [0.717, 1.165) is 0 Å². The van der Waals surface area contributed by atoms with E-state index in [1.807, 2.05) is 0 Å². The maximum absolute atomic E-state index is 2.14. The minimum atomic E-state index is 1.23. The molecule has 2 heteroatoms. The number of nitrogens with zero attached hydrogens (tertiary/aromatic N) is 2. The zero-order chi connectivity index (χ0) is 13.4. The molecule has 0 aromatic heterocycles. The standard InChI is InChI=1S/C18H14N2/c1-3-7-17-13-19(11-9-15(17)5-1)20-12-10-16-6-2-4-8-18(16)14-20/h1-14H. The van der Waals surface area contributed by atoms with E-state index in [-0.39, 0.29) is 0 Å².